The molecular weight excluding hydrogens is 521 g/mol. The molecule has 0 radical (unpaired) electrons. The molecule has 1 unspecified atom stereocenters. The van der Waals surface area contributed by atoms with E-state index >= 15 is 0 Å². The molecule has 2 aromatic rings. The number of rotatable bonds is 13. The number of carbonyl (C=O) groups is 1. The van der Waals surface area contributed by atoms with Crippen molar-refractivity contribution in [1.82, 2.24) is 29.9 Å². The van der Waals surface area contributed by atoms with Crippen LogP contribution >= 0.6 is 0 Å². The fourth-order valence-electron chi connectivity index (χ4n) is 6.45. The quantitative estimate of drug-likeness (QED) is 0.314. The highest BCUT2D eigenvalue weighted by atomic mass is 19.1. The number of hydrogen-bond acceptors (Lipinski definition) is 8. The molecule has 226 valence electrons. The van der Waals surface area contributed by atoms with Gasteiger partial charge in [-0.05, 0) is 84.8 Å². The van der Waals surface area contributed by atoms with Crippen molar-refractivity contribution in [2.24, 2.45) is 11.3 Å². The second kappa shape index (κ2) is 13.4. The van der Waals surface area contributed by atoms with Crippen LogP contribution in [0.5, 0.6) is 11.6 Å². The number of aromatic nitrogens is 3. The van der Waals surface area contributed by atoms with Crippen molar-refractivity contribution in [1.29, 1.82) is 0 Å². The SMILES string of the molecule is CCN(C(=O)c1cc(F)ccc1Oc1nncnc1N1CCC2(C1)CN(C(CCCCN(C)C)C(C)C)C2)C(C)C. The fraction of sp³-hybridized carbons (Fsp3) is 0.677. The monoisotopic (exact) mass is 569 g/mol. The van der Waals surface area contributed by atoms with Crippen molar-refractivity contribution >= 4 is 11.7 Å². The molecular formula is C31H48FN7O2. The molecule has 1 amide bonds. The van der Waals surface area contributed by atoms with Crippen molar-refractivity contribution in [3.8, 4) is 11.6 Å². The molecule has 1 spiro atoms. The minimum atomic E-state index is -0.494. The van der Waals surface area contributed by atoms with Gasteiger partial charge in [-0.15, -0.1) is 10.2 Å². The molecule has 0 aliphatic carbocycles. The Kier molecular flexibility index (Phi) is 10.2. The first-order valence-corrected chi connectivity index (χ1v) is 15.1. The molecule has 2 aliphatic rings. The third-order valence-corrected chi connectivity index (χ3v) is 8.58. The number of nitrogens with zero attached hydrogens (tertiary/aromatic N) is 7. The number of hydrogen-bond donors (Lipinski definition) is 0. The van der Waals surface area contributed by atoms with E-state index in [2.05, 4.69) is 57.8 Å². The molecule has 9 nitrogen and oxygen atoms in total. The van der Waals surface area contributed by atoms with E-state index in [1.165, 1.54) is 43.8 Å². The van der Waals surface area contributed by atoms with E-state index in [0.29, 0.717) is 24.3 Å². The summed E-state index contributed by atoms with van der Waals surface area (Å²) in [7, 11) is 4.28. The summed E-state index contributed by atoms with van der Waals surface area (Å²) in [5.41, 5.74) is 0.393. The van der Waals surface area contributed by atoms with E-state index in [0.717, 1.165) is 39.1 Å². The molecule has 0 saturated carbocycles. The first-order chi connectivity index (χ1) is 19.5. The van der Waals surface area contributed by atoms with Crippen LogP contribution in [-0.4, -0.2) is 101 Å². The van der Waals surface area contributed by atoms with Gasteiger partial charge in [-0.1, -0.05) is 20.3 Å². The molecule has 0 bridgehead atoms. The number of benzene rings is 1. The molecule has 1 aromatic carbocycles. The van der Waals surface area contributed by atoms with Gasteiger partial charge in [-0.25, -0.2) is 9.37 Å². The Bertz CT molecular complexity index is 1170. The highest BCUT2D eigenvalue weighted by molar-refractivity contribution is 5.97. The minimum Gasteiger partial charge on any atom is -0.434 e. The van der Waals surface area contributed by atoms with Crippen molar-refractivity contribution in [2.45, 2.75) is 72.4 Å². The maximum atomic E-state index is 14.2. The van der Waals surface area contributed by atoms with Crippen LogP contribution in [0.4, 0.5) is 10.2 Å². The summed E-state index contributed by atoms with van der Waals surface area (Å²) in [6.45, 7) is 16.0. The molecule has 1 aromatic heterocycles. The van der Waals surface area contributed by atoms with Crippen LogP contribution in [0.3, 0.4) is 0 Å². The smallest absolute Gasteiger partial charge is 0.282 e. The predicted molar refractivity (Wildman–Crippen MR) is 160 cm³/mol. The third kappa shape index (κ3) is 7.33. The molecule has 2 saturated heterocycles. The average molecular weight is 570 g/mol. The summed E-state index contributed by atoms with van der Waals surface area (Å²) in [4.78, 5) is 26.7. The van der Waals surface area contributed by atoms with Crippen LogP contribution < -0.4 is 9.64 Å². The average Bonchev–Trinajstić information content (AvgIpc) is 3.35. The summed E-state index contributed by atoms with van der Waals surface area (Å²) >= 11 is 0. The number of likely N-dealkylation sites (tertiary alicyclic amines) is 1. The Morgan fingerprint density at radius 3 is 2.56 bits per heavy atom. The van der Waals surface area contributed by atoms with E-state index < -0.39 is 5.82 Å². The van der Waals surface area contributed by atoms with Crippen LogP contribution in [0.1, 0.15) is 70.7 Å². The minimum absolute atomic E-state index is 0.0338. The number of unbranched alkanes of at least 4 members (excludes halogenated alkanes) is 1. The fourth-order valence-corrected chi connectivity index (χ4v) is 6.45. The summed E-state index contributed by atoms with van der Waals surface area (Å²) < 4.78 is 20.4. The summed E-state index contributed by atoms with van der Waals surface area (Å²) in [6.07, 6.45) is 6.24. The van der Waals surface area contributed by atoms with Crippen LogP contribution in [0.2, 0.25) is 0 Å². The van der Waals surface area contributed by atoms with Crippen LogP contribution in [0.15, 0.2) is 24.5 Å². The van der Waals surface area contributed by atoms with Gasteiger partial charge in [0.25, 0.3) is 11.8 Å². The van der Waals surface area contributed by atoms with Crippen molar-refractivity contribution in [3.63, 3.8) is 0 Å². The van der Waals surface area contributed by atoms with Gasteiger partial charge in [0.15, 0.2) is 5.82 Å². The standard InChI is InChI=1S/C31H48FN7O2/c1-8-39(23(4)5)30(40)25-17-24(32)12-13-27(25)41-29-28(33-21-34-35-29)37-16-14-31(18-37)19-38(20-31)26(22(2)3)11-9-10-15-36(6)7/h12-13,17,21-23,26H,8-11,14-16,18-20H2,1-7H3. The molecule has 2 aliphatic heterocycles. The number of carbonyl (C=O) groups excluding carboxylic acids is 1. The molecule has 3 heterocycles. The zero-order valence-electron chi connectivity index (χ0n) is 25.9. The highest BCUT2D eigenvalue weighted by Crippen LogP contribution is 2.44. The lowest BCUT2D eigenvalue weighted by atomic mass is 9.76. The van der Waals surface area contributed by atoms with Crippen LogP contribution in [0, 0.1) is 17.2 Å². The summed E-state index contributed by atoms with van der Waals surface area (Å²) in [5.74, 6) is 0.935. The number of amides is 1. The topological polar surface area (TPSA) is 77.9 Å². The zero-order chi connectivity index (χ0) is 29.7. The Labute approximate surface area is 245 Å². The van der Waals surface area contributed by atoms with Crippen molar-refractivity contribution in [2.75, 3.05) is 58.3 Å². The predicted octanol–water partition coefficient (Wildman–Crippen LogP) is 4.94. The molecule has 10 heteroatoms. The lowest BCUT2D eigenvalue weighted by Crippen LogP contribution is -2.61. The van der Waals surface area contributed by atoms with Gasteiger partial charge in [0.1, 0.15) is 17.9 Å². The number of anilines is 1. The highest BCUT2D eigenvalue weighted by Gasteiger charge is 2.50. The number of ether oxygens (including phenoxy) is 1. The summed E-state index contributed by atoms with van der Waals surface area (Å²) in [6, 6.07) is 4.58. The van der Waals surface area contributed by atoms with Gasteiger partial charge in [0.2, 0.25) is 0 Å². The largest absolute Gasteiger partial charge is 0.434 e. The van der Waals surface area contributed by atoms with E-state index in [-0.39, 0.29) is 34.6 Å². The maximum Gasteiger partial charge on any atom is 0.282 e. The molecule has 2 fully saturated rings. The van der Waals surface area contributed by atoms with Gasteiger partial charge in [-0.2, -0.15) is 0 Å². The molecule has 0 N–H and O–H groups in total. The Hall–Kier alpha value is -2.85. The Balaban J connectivity index is 1.45. The van der Waals surface area contributed by atoms with Gasteiger partial charge in [0.05, 0.1) is 5.56 Å². The van der Waals surface area contributed by atoms with E-state index in [9.17, 15) is 9.18 Å². The third-order valence-electron chi connectivity index (χ3n) is 8.58. The molecule has 4 rings (SSSR count). The van der Waals surface area contributed by atoms with Gasteiger partial charge in [0, 0.05) is 50.2 Å². The van der Waals surface area contributed by atoms with Gasteiger partial charge >= 0.3 is 0 Å². The van der Waals surface area contributed by atoms with E-state index in [1.54, 1.807) is 4.90 Å². The van der Waals surface area contributed by atoms with Crippen LogP contribution in [-0.2, 0) is 0 Å². The number of halogens is 1. The molecule has 1 atom stereocenters. The summed E-state index contributed by atoms with van der Waals surface area (Å²) in [5, 5.41) is 8.21. The maximum absolute atomic E-state index is 14.2. The Morgan fingerprint density at radius 2 is 1.90 bits per heavy atom. The van der Waals surface area contributed by atoms with Gasteiger partial charge < -0.3 is 19.4 Å². The second-order valence-corrected chi connectivity index (χ2v) is 12.7. The lowest BCUT2D eigenvalue weighted by Gasteiger charge is -2.53. The zero-order valence-corrected chi connectivity index (χ0v) is 25.9. The Morgan fingerprint density at radius 1 is 1.15 bits per heavy atom. The first kappa shape index (κ1) is 31.1. The van der Waals surface area contributed by atoms with Crippen molar-refractivity contribution < 1.29 is 13.9 Å². The second-order valence-electron chi connectivity index (χ2n) is 12.7. The first-order valence-electron chi connectivity index (χ1n) is 15.1. The molecule has 41 heavy (non-hydrogen) atoms. The lowest BCUT2D eigenvalue weighted by molar-refractivity contribution is -0.0341. The van der Waals surface area contributed by atoms with Crippen molar-refractivity contribution in [3.05, 3.63) is 35.9 Å². The normalized spacial score (nSPS) is 17.5. The van der Waals surface area contributed by atoms with E-state index in [4.69, 9.17) is 4.74 Å². The van der Waals surface area contributed by atoms with E-state index in [1.807, 2.05) is 20.8 Å². The van der Waals surface area contributed by atoms with Gasteiger partial charge in [-0.3, -0.25) is 9.69 Å². The van der Waals surface area contributed by atoms with Crippen LogP contribution in [0.25, 0.3) is 0 Å².